The number of hydrogen-bond donors (Lipinski definition) is 3. The molecule has 2 heterocycles. The average Bonchev–Trinajstić information content (AvgIpc) is 3.07. The summed E-state index contributed by atoms with van der Waals surface area (Å²) in [6.07, 6.45) is 5.27. The third kappa shape index (κ3) is 4.28. The highest BCUT2D eigenvalue weighted by atomic mass is 35.5. The van der Waals surface area contributed by atoms with Gasteiger partial charge >= 0.3 is 6.09 Å². The van der Waals surface area contributed by atoms with Gasteiger partial charge in [0.1, 0.15) is 0 Å². The molecule has 0 radical (unpaired) electrons. The van der Waals surface area contributed by atoms with Crippen molar-refractivity contribution in [2.75, 3.05) is 5.32 Å². The van der Waals surface area contributed by atoms with E-state index < -0.39 is 6.09 Å². The molecule has 2 atom stereocenters. The Morgan fingerprint density at radius 1 is 1.37 bits per heavy atom. The van der Waals surface area contributed by atoms with Gasteiger partial charge in [-0.05, 0) is 57.6 Å². The van der Waals surface area contributed by atoms with Crippen LogP contribution in [-0.2, 0) is 11.2 Å². The molecule has 2 aliphatic carbocycles. The Hall–Kier alpha value is -2.61. The number of aromatic amines is 1. The third-order valence-electron chi connectivity index (χ3n) is 6.22. The zero-order valence-electron chi connectivity index (χ0n) is 17.1. The summed E-state index contributed by atoms with van der Waals surface area (Å²) < 4.78 is 0. The van der Waals surface area contributed by atoms with Gasteiger partial charge in [-0.1, -0.05) is 11.6 Å². The highest BCUT2D eigenvalue weighted by Crippen LogP contribution is 2.47. The number of pyridine rings is 1. The summed E-state index contributed by atoms with van der Waals surface area (Å²) in [5.41, 5.74) is 2.18. The van der Waals surface area contributed by atoms with Gasteiger partial charge in [-0.25, -0.2) is 4.79 Å². The second kappa shape index (κ2) is 7.91. The first-order valence-electron chi connectivity index (χ1n) is 10.2. The zero-order valence-corrected chi connectivity index (χ0v) is 17.9. The highest BCUT2D eigenvalue weighted by molar-refractivity contribution is 6.31. The second-order valence-corrected chi connectivity index (χ2v) is 9.10. The Balaban J connectivity index is 1.36. The number of carbonyl (C=O) groups is 2. The maximum Gasteiger partial charge on any atom is 0.408 e. The maximum atomic E-state index is 12.3. The van der Waals surface area contributed by atoms with Gasteiger partial charge in [0.2, 0.25) is 5.91 Å². The molecule has 3 N–H and O–H groups in total. The molecule has 2 aliphatic rings. The molecule has 2 aromatic heterocycles. The molecule has 0 aliphatic heterocycles. The number of H-pyrrole nitrogens is 1. The van der Waals surface area contributed by atoms with Gasteiger partial charge in [0.15, 0.2) is 5.82 Å². The van der Waals surface area contributed by atoms with Crippen LogP contribution >= 0.6 is 11.6 Å². The molecule has 2 aromatic rings. The predicted octanol–water partition coefficient (Wildman–Crippen LogP) is 4.12. The molecule has 2 unspecified atom stereocenters. The molecule has 160 valence electrons. The van der Waals surface area contributed by atoms with E-state index in [2.05, 4.69) is 20.5 Å². The summed E-state index contributed by atoms with van der Waals surface area (Å²) in [4.78, 5) is 30.0. The molecule has 4 rings (SSSR count). The lowest BCUT2D eigenvalue weighted by Gasteiger charge is -2.32. The van der Waals surface area contributed by atoms with Crippen LogP contribution in [0.4, 0.5) is 10.6 Å². The van der Waals surface area contributed by atoms with E-state index in [-0.39, 0.29) is 29.8 Å². The highest BCUT2D eigenvalue weighted by Gasteiger charge is 2.50. The van der Waals surface area contributed by atoms with Gasteiger partial charge in [-0.2, -0.15) is 5.10 Å². The van der Waals surface area contributed by atoms with E-state index in [9.17, 15) is 14.7 Å². The Morgan fingerprint density at radius 2 is 2.13 bits per heavy atom. The molecule has 2 amide bonds. The molecule has 0 bridgehead atoms. The van der Waals surface area contributed by atoms with Gasteiger partial charge in [0, 0.05) is 35.5 Å². The molecular weight excluding hydrogens is 406 g/mol. The van der Waals surface area contributed by atoms with Crippen molar-refractivity contribution >= 4 is 29.4 Å². The number of aryl methyl sites for hydroxylation is 1. The van der Waals surface area contributed by atoms with Crippen molar-refractivity contribution in [1.82, 2.24) is 20.1 Å². The van der Waals surface area contributed by atoms with E-state index in [4.69, 9.17) is 11.6 Å². The number of nitrogens with zero attached hydrogens (tertiary/aromatic N) is 3. The summed E-state index contributed by atoms with van der Waals surface area (Å²) in [5.74, 6) is 0.408. The first-order valence-corrected chi connectivity index (χ1v) is 10.6. The summed E-state index contributed by atoms with van der Waals surface area (Å²) in [6.45, 7) is 3.91. The van der Waals surface area contributed by atoms with Crippen molar-refractivity contribution in [2.45, 2.75) is 69.9 Å². The van der Waals surface area contributed by atoms with Gasteiger partial charge in [-0.15, -0.1) is 0 Å². The zero-order chi connectivity index (χ0) is 21.5. The van der Waals surface area contributed by atoms with E-state index in [1.807, 2.05) is 19.9 Å². The van der Waals surface area contributed by atoms with Crippen LogP contribution in [0.1, 0.15) is 61.9 Å². The van der Waals surface area contributed by atoms with Crippen LogP contribution in [-0.4, -0.2) is 48.8 Å². The molecule has 0 saturated heterocycles. The van der Waals surface area contributed by atoms with Crippen LogP contribution in [0.3, 0.4) is 0 Å². The van der Waals surface area contributed by atoms with Crippen molar-refractivity contribution < 1.29 is 14.7 Å². The number of anilines is 1. The fraction of sp³-hybridized carbons (Fsp3) is 0.524. The predicted molar refractivity (Wildman–Crippen MR) is 113 cm³/mol. The average molecular weight is 432 g/mol. The summed E-state index contributed by atoms with van der Waals surface area (Å²) >= 11 is 6.15. The minimum Gasteiger partial charge on any atom is -0.465 e. The molecule has 0 aromatic carbocycles. The van der Waals surface area contributed by atoms with E-state index in [1.54, 1.807) is 17.2 Å². The molecule has 8 nitrogen and oxygen atoms in total. The molecule has 2 saturated carbocycles. The monoisotopic (exact) mass is 431 g/mol. The van der Waals surface area contributed by atoms with E-state index in [1.165, 1.54) is 0 Å². The van der Waals surface area contributed by atoms with Crippen molar-refractivity contribution in [2.24, 2.45) is 0 Å². The topological polar surface area (TPSA) is 111 Å². The third-order valence-corrected chi connectivity index (χ3v) is 6.55. The Kier molecular flexibility index (Phi) is 5.44. The summed E-state index contributed by atoms with van der Waals surface area (Å²) in [6, 6.07) is 3.64. The molecular formula is C21H26ClN5O3. The number of rotatable bonds is 6. The van der Waals surface area contributed by atoms with Crippen LogP contribution in [0, 0.1) is 6.92 Å². The minimum atomic E-state index is -0.832. The van der Waals surface area contributed by atoms with E-state index >= 15 is 0 Å². The number of amides is 2. The van der Waals surface area contributed by atoms with Crippen molar-refractivity contribution in [1.29, 1.82) is 0 Å². The normalized spacial score (nSPS) is 22.0. The first kappa shape index (κ1) is 20.7. The molecule has 2 fully saturated rings. The summed E-state index contributed by atoms with van der Waals surface area (Å²) in [7, 11) is 0. The SMILES string of the molecule is Cc1cnc(CC(=O)Nc2cc(C3CCC(N(C(=O)O)C4(C)CC4)C3)[nH]n2)c(Cl)c1. The van der Waals surface area contributed by atoms with Crippen molar-refractivity contribution in [3.05, 3.63) is 40.3 Å². The number of carboxylic acid groups (broad SMARTS) is 1. The largest absolute Gasteiger partial charge is 0.465 e. The van der Waals surface area contributed by atoms with Crippen LogP contribution in [0.5, 0.6) is 0 Å². The second-order valence-electron chi connectivity index (χ2n) is 8.69. The van der Waals surface area contributed by atoms with Crippen molar-refractivity contribution in [3.8, 4) is 0 Å². The van der Waals surface area contributed by atoms with Crippen LogP contribution in [0.15, 0.2) is 18.3 Å². The van der Waals surface area contributed by atoms with E-state index in [0.717, 1.165) is 43.4 Å². The smallest absolute Gasteiger partial charge is 0.408 e. The minimum absolute atomic E-state index is 0.0242. The Bertz CT molecular complexity index is 971. The maximum absolute atomic E-state index is 12.3. The van der Waals surface area contributed by atoms with Gasteiger partial charge in [0.05, 0.1) is 17.1 Å². The van der Waals surface area contributed by atoms with Crippen LogP contribution in [0.25, 0.3) is 0 Å². The standard InChI is InChI=1S/C21H26ClN5O3/c1-12-7-15(22)17(23-11-12)10-19(28)24-18-9-16(25-26-18)13-3-4-14(8-13)27(20(29)30)21(2)5-6-21/h7,9,11,13-14H,3-6,8,10H2,1-2H3,(H,29,30)(H2,24,25,26,28). The van der Waals surface area contributed by atoms with Crippen LogP contribution in [0.2, 0.25) is 5.02 Å². The number of halogens is 1. The van der Waals surface area contributed by atoms with Gasteiger partial charge in [-0.3, -0.25) is 19.8 Å². The Labute approximate surface area is 180 Å². The fourth-order valence-electron chi connectivity index (χ4n) is 4.37. The lowest BCUT2D eigenvalue weighted by molar-refractivity contribution is -0.115. The molecule has 9 heteroatoms. The number of aromatic nitrogens is 3. The van der Waals surface area contributed by atoms with Crippen LogP contribution < -0.4 is 5.32 Å². The first-order chi connectivity index (χ1) is 14.2. The molecule has 0 spiro atoms. The number of hydrogen-bond acceptors (Lipinski definition) is 4. The van der Waals surface area contributed by atoms with Crippen molar-refractivity contribution in [3.63, 3.8) is 0 Å². The van der Waals surface area contributed by atoms with Gasteiger partial charge < -0.3 is 10.4 Å². The quantitative estimate of drug-likeness (QED) is 0.637. The van der Waals surface area contributed by atoms with E-state index in [0.29, 0.717) is 16.5 Å². The Morgan fingerprint density at radius 3 is 2.80 bits per heavy atom. The van der Waals surface area contributed by atoms with Gasteiger partial charge in [0.25, 0.3) is 0 Å². The molecule has 30 heavy (non-hydrogen) atoms. The summed E-state index contributed by atoms with van der Waals surface area (Å²) in [5, 5.41) is 20.1. The number of nitrogens with one attached hydrogen (secondary N) is 2. The lowest BCUT2D eigenvalue weighted by Crippen LogP contribution is -2.45. The fourth-order valence-corrected chi connectivity index (χ4v) is 4.65. The lowest BCUT2D eigenvalue weighted by atomic mass is 10.0. The number of carbonyl (C=O) groups excluding carboxylic acids is 1.